The molecule has 0 saturated heterocycles. The second-order valence-corrected chi connectivity index (χ2v) is 7.01. The van der Waals surface area contributed by atoms with Crippen LogP contribution in [0.25, 0.3) is 28.3 Å². The van der Waals surface area contributed by atoms with Gasteiger partial charge in [0.15, 0.2) is 11.5 Å². The standard InChI is InChI=1S/C19H10Cl2F4N4O/c20-9-3-1-4-10(7-9)29-18(19(23,24)25)11(8-27-29)17-15(26)16(28-30-17)14-12(21)5-2-6-13(14)22/h1-8H,26H2. The number of benzene rings is 2. The van der Waals surface area contributed by atoms with Crippen LogP contribution in [0, 0.1) is 5.82 Å². The Morgan fingerprint density at radius 1 is 1.07 bits per heavy atom. The van der Waals surface area contributed by atoms with Crippen LogP contribution in [0.5, 0.6) is 0 Å². The Morgan fingerprint density at radius 2 is 1.80 bits per heavy atom. The summed E-state index contributed by atoms with van der Waals surface area (Å²) in [6, 6.07) is 9.62. The van der Waals surface area contributed by atoms with Crippen molar-refractivity contribution in [3.05, 3.63) is 70.2 Å². The van der Waals surface area contributed by atoms with Crippen LogP contribution in [0.4, 0.5) is 23.2 Å². The lowest BCUT2D eigenvalue weighted by molar-refractivity contribution is -0.142. The summed E-state index contributed by atoms with van der Waals surface area (Å²) < 4.78 is 61.7. The van der Waals surface area contributed by atoms with Crippen LogP contribution in [0.15, 0.2) is 53.2 Å². The number of aromatic nitrogens is 3. The summed E-state index contributed by atoms with van der Waals surface area (Å²) in [7, 11) is 0. The molecule has 5 nitrogen and oxygen atoms in total. The van der Waals surface area contributed by atoms with Crippen LogP contribution in [0.2, 0.25) is 10.0 Å². The second-order valence-electron chi connectivity index (χ2n) is 6.17. The third kappa shape index (κ3) is 3.40. The van der Waals surface area contributed by atoms with Gasteiger partial charge in [-0.15, -0.1) is 0 Å². The number of nitrogens with zero attached hydrogens (tertiary/aromatic N) is 3. The zero-order valence-electron chi connectivity index (χ0n) is 14.7. The van der Waals surface area contributed by atoms with Gasteiger partial charge in [-0.05, 0) is 30.3 Å². The van der Waals surface area contributed by atoms with Crippen molar-refractivity contribution in [2.75, 3.05) is 5.73 Å². The van der Waals surface area contributed by atoms with Crippen molar-refractivity contribution in [3.8, 4) is 28.3 Å². The van der Waals surface area contributed by atoms with Crippen LogP contribution in [-0.2, 0) is 6.18 Å². The van der Waals surface area contributed by atoms with Crippen molar-refractivity contribution in [1.29, 1.82) is 0 Å². The van der Waals surface area contributed by atoms with Gasteiger partial charge in [0, 0.05) is 5.02 Å². The maximum atomic E-state index is 14.2. The summed E-state index contributed by atoms with van der Waals surface area (Å²) in [5.41, 5.74) is 3.75. The number of halogens is 6. The lowest BCUT2D eigenvalue weighted by Crippen LogP contribution is -2.14. The Labute approximate surface area is 176 Å². The van der Waals surface area contributed by atoms with E-state index in [9.17, 15) is 17.6 Å². The van der Waals surface area contributed by atoms with Crippen molar-refractivity contribution in [1.82, 2.24) is 14.9 Å². The van der Waals surface area contributed by atoms with Gasteiger partial charge in [-0.3, -0.25) is 0 Å². The molecule has 0 aliphatic heterocycles. The Morgan fingerprint density at radius 3 is 2.47 bits per heavy atom. The Balaban J connectivity index is 1.92. The number of anilines is 1. The number of nitrogens with two attached hydrogens (primary N) is 1. The lowest BCUT2D eigenvalue weighted by atomic mass is 10.1. The van der Waals surface area contributed by atoms with Gasteiger partial charge in [0.2, 0.25) is 0 Å². The molecule has 0 saturated carbocycles. The molecule has 2 heterocycles. The molecule has 0 radical (unpaired) electrons. The van der Waals surface area contributed by atoms with Crippen molar-refractivity contribution in [3.63, 3.8) is 0 Å². The number of nitrogen functional groups attached to an aromatic ring is 1. The quantitative estimate of drug-likeness (QED) is 0.370. The fourth-order valence-electron chi connectivity index (χ4n) is 2.99. The molecular weight excluding hydrogens is 447 g/mol. The normalized spacial score (nSPS) is 11.8. The van der Waals surface area contributed by atoms with Crippen LogP contribution in [-0.4, -0.2) is 14.9 Å². The first-order chi connectivity index (χ1) is 14.2. The van der Waals surface area contributed by atoms with E-state index in [-0.39, 0.29) is 32.7 Å². The average molecular weight is 457 g/mol. The Kier molecular flexibility index (Phi) is 4.95. The molecule has 0 amide bonds. The van der Waals surface area contributed by atoms with E-state index in [1.54, 1.807) is 0 Å². The number of alkyl halides is 3. The van der Waals surface area contributed by atoms with Crippen LogP contribution in [0.1, 0.15) is 5.69 Å². The van der Waals surface area contributed by atoms with E-state index in [0.29, 0.717) is 4.68 Å². The fraction of sp³-hybridized carbons (Fsp3) is 0.0526. The predicted molar refractivity (Wildman–Crippen MR) is 104 cm³/mol. The predicted octanol–water partition coefficient (Wildman–Crippen LogP) is 6.24. The van der Waals surface area contributed by atoms with Gasteiger partial charge < -0.3 is 10.3 Å². The summed E-state index contributed by atoms with van der Waals surface area (Å²) >= 11 is 11.9. The van der Waals surface area contributed by atoms with E-state index in [0.717, 1.165) is 12.3 Å². The summed E-state index contributed by atoms with van der Waals surface area (Å²) in [5.74, 6) is -1.16. The molecule has 0 spiro atoms. The molecule has 0 aliphatic rings. The molecule has 0 aliphatic carbocycles. The van der Waals surface area contributed by atoms with E-state index < -0.39 is 29.0 Å². The molecule has 30 heavy (non-hydrogen) atoms. The van der Waals surface area contributed by atoms with Gasteiger partial charge in [0.25, 0.3) is 0 Å². The van der Waals surface area contributed by atoms with Gasteiger partial charge in [0.05, 0.1) is 28.0 Å². The molecule has 2 N–H and O–H groups in total. The van der Waals surface area contributed by atoms with Crippen molar-refractivity contribution in [2.45, 2.75) is 6.18 Å². The van der Waals surface area contributed by atoms with Gasteiger partial charge in [-0.1, -0.05) is 40.5 Å². The first-order valence-corrected chi connectivity index (χ1v) is 9.05. The maximum Gasteiger partial charge on any atom is 0.434 e. The minimum Gasteiger partial charge on any atom is -0.394 e. The summed E-state index contributed by atoms with van der Waals surface area (Å²) in [5, 5.41) is 7.69. The highest BCUT2D eigenvalue weighted by molar-refractivity contribution is 6.33. The second kappa shape index (κ2) is 7.33. The molecule has 154 valence electrons. The monoisotopic (exact) mass is 456 g/mol. The van der Waals surface area contributed by atoms with Crippen LogP contribution < -0.4 is 5.73 Å². The molecular formula is C19H10Cl2F4N4O. The third-order valence-electron chi connectivity index (χ3n) is 4.26. The van der Waals surface area contributed by atoms with E-state index in [4.69, 9.17) is 33.5 Å². The SMILES string of the molecule is Nc1c(-c2c(F)cccc2Cl)noc1-c1cnn(-c2cccc(Cl)c2)c1C(F)(F)F. The molecule has 4 rings (SSSR count). The zero-order chi connectivity index (χ0) is 21.6. The van der Waals surface area contributed by atoms with Gasteiger partial charge in [-0.2, -0.15) is 18.3 Å². The molecule has 11 heteroatoms. The highest BCUT2D eigenvalue weighted by Crippen LogP contribution is 2.44. The van der Waals surface area contributed by atoms with Crippen molar-refractivity contribution in [2.24, 2.45) is 0 Å². The fourth-order valence-corrected chi connectivity index (χ4v) is 3.42. The molecule has 0 unspecified atom stereocenters. The zero-order valence-corrected chi connectivity index (χ0v) is 16.2. The first kappa shape index (κ1) is 20.2. The van der Waals surface area contributed by atoms with E-state index in [1.165, 1.54) is 36.4 Å². The van der Waals surface area contributed by atoms with E-state index in [1.807, 2.05) is 0 Å². The highest BCUT2D eigenvalue weighted by Gasteiger charge is 2.41. The largest absolute Gasteiger partial charge is 0.434 e. The number of hydrogen-bond acceptors (Lipinski definition) is 4. The third-order valence-corrected chi connectivity index (χ3v) is 4.81. The number of hydrogen-bond donors (Lipinski definition) is 1. The van der Waals surface area contributed by atoms with Crippen LogP contribution in [0.3, 0.4) is 0 Å². The van der Waals surface area contributed by atoms with Crippen molar-refractivity contribution < 1.29 is 22.1 Å². The van der Waals surface area contributed by atoms with E-state index in [2.05, 4.69) is 10.3 Å². The van der Waals surface area contributed by atoms with Crippen LogP contribution >= 0.6 is 23.2 Å². The molecule has 0 atom stereocenters. The number of rotatable bonds is 3. The minimum atomic E-state index is -4.83. The highest BCUT2D eigenvalue weighted by atomic mass is 35.5. The lowest BCUT2D eigenvalue weighted by Gasteiger charge is -2.12. The molecule has 4 aromatic rings. The smallest absolute Gasteiger partial charge is 0.394 e. The summed E-state index contributed by atoms with van der Waals surface area (Å²) in [6.07, 6.45) is -3.89. The molecule has 2 aromatic carbocycles. The maximum absolute atomic E-state index is 14.2. The average Bonchev–Trinajstić information content (AvgIpc) is 3.26. The molecule has 0 bridgehead atoms. The Hall–Kier alpha value is -3.04. The van der Waals surface area contributed by atoms with Gasteiger partial charge >= 0.3 is 6.18 Å². The summed E-state index contributed by atoms with van der Waals surface area (Å²) in [6.45, 7) is 0. The van der Waals surface area contributed by atoms with E-state index >= 15 is 0 Å². The topological polar surface area (TPSA) is 69.9 Å². The molecule has 2 aromatic heterocycles. The van der Waals surface area contributed by atoms with Crippen molar-refractivity contribution >= 4 is 28.9 Å². The molecule has 0 fully saturated rings. The van der Waals surface area contributed by atoms with Gasteiger partial charge in [0.1, 0.15) is 17.2 Å². The summed E-state index contributed by atoms with van der Waals surface area (Å²) in [4.78, 5) is 0. The Bertz CT molecular complexity index is 1230. The van der Waals surface area contributed by atoms with Gasteiger partial charge in [-0.25, -0.2) is 9.07 Å². The minimum absolute atomic E-state index is 0.0211. The first-order valence-electron chi connectivity index (χ1n) is 8.29.